The van der Waals surface area contributed by atoms with Crippen LogP contribution in [0.15, 0.2) is 35.7 Å². The molecule has 1 amide bonds. The highest BCUT2D eigenvalue weighted by molar-refractivity contribution is 7.99. The number of hydrogen-bond acceptors (Lipinski definition) is 5. The molecule has 0 radical (unpaired) electrons. The second-order valence-corrected chi connectivity index (χ2v) is 8.89. The maximum atomic E-state index is 12.7. The Kier molecular flexibility index (Phi) is 6.99. The number of piperazine rings is 1. The number of thioether (sulfide) groups is 1. The molecule has 2 heterocycles. The maximum Gasteiger partial charge on any atom is 0.233 e. The minimum absolute atomic E-state index is 0.0770. The summed E-state index contributed by atoms with van der Waals surface area (Å²) in [5.41, 5.74) is 3.48. The summed E-state index contributed by atoms with van der Waals surface area (Å²) in [5, 5.41) is 10.2. The summed E-state index contributed by atoms with van der Waals surface area (Å²) in [5.74, 6) is 0.790. The molecule has 1 saturated heterocycles. The average Bonchev–Trinajstić information content (AvgIpc) is 3.15. The van der Waals surface area contributed by atoms with Gasteiger partial charge < -0.3 is 4.90 Å². The summed E-state index contributed by atoms with van der Waals surface area (Å²) in [6.07, 6.45) is 3.71. The van der Waals surface area contributed by atoms with Gasteiger partial charge in [-0.05, 0) is 43.0 Å². The van der Waals surface area contributed by atoms with Crippen molar-refractivity contribution in [3.05, 3.63) is 41.7 Å². The Morgan fingerprint density at radius 2 is 1.83 bits per heavy atom. The molecule has 1 fully saturated rings. The Hall–Kier alpha value is -2.30. The smallest absolute Gasteiger partial charge is 0.233 e. The number of nitrogens with zero attached hydrogens (tertiary/aromatic N) is 5. The molecule has 1 aliphatic rings. The van der Waals surface area contributed by atoms with Crippen LogP contribution in [0.2, 0.25) is 0 Å². The van der Waals surface area contributed by atoms with E-state index in [1.165, 1.54) is 22.9 Å². The fourth-order valence-electron chi connectivity index (χ4n) is 3.80. The summed E-state index contributed by atoms with van der Waals surface area (Å²) in [6, 6.07) is 8.71. The molecule has 0 aliphatic carbocycles. The van der Waals surface area contributed by atoms with Crippen LogP contribution in [-0.4, -0.2) is 63.2 Å². The van der Waals surface area contributed by atoms with Crippen molar-refractivity contribution in [2.24, 2.45) is 5.92 Å². The third kappa shape index (κ3) is 5.20. The highest BCUT2D eigenvalue weighted by Gasteiger charge is 2.27. The van der Waals surface area contributed by atoms with E-state index in [4.69, 9.17) is 0 Å². The van der Waals surface area contributed by atoms with Crippen LogP contribution in [0.5, 0.6) is 0 Å². The fourth-order valence-corrected chi connectivity index (χ4v) is 4.68. The second-order valence-electron chi connectivity index (χ2n) is 7.95. The van der Waals surface area contributed by atoms with Crippen LogP contribution in [0, 0.1) is 31.1 Å². The molecule has 154 valence electrons. The number of imidazole rings is 1. The van der Waals surface area contributed by atoms with Crippen molar-refractivity contribution in [1.82, 2.24) is 19.4 Å². The molecular formula is C22H29N5OS. The quantitative estimate of drug-likeness (QED) is 0.683. The molecule has 7 heteroatoms. The lowest BCUT2D eigenvalue weighted by Gasteiger charge is -2.38. The number of aromatic nitrogens is 2. The van der Waals surface area contributed by atoms with E-state index in [1.807, 2.05) is 15.7 Å². The molecule has 0 saturated carbocycles. The van der Waals surface area contributed by atoms with Gasteiger partial charge in [-0.15, -0.1) is 0 Å². The van der Waals surface area contributed by atoms with Crippen molar-refractivity contribution in [2.45, 2.75) is 38.9 Å². The third-order valence-electron chi connectivity index (χ3n) is 5.24. The van der Waals surface area contributed by atoms with Crippen LogP contribution in [-0.2, 0) is 4.79 Å². The highest BCUT2D eigenvalue weighted by atomic mass is 32.2. The van der Waals surface area contributed by atoms with Crippen molar-refractivity contribution in [3.8, 4) is 11.8 Å². The molecule has 1 aromatic heterocycles. The summed E-state index contributed by atoms with van der Waals surface area (Å²) in [4.78, 5) is 21.3. The van der Waals surface area contributed by atoms with Gasteiger partial charge in [-0.25, -0.2) is 4.98 Å². The first kappa shape index (κ1) is 21.4. The van der Waals surface area contributed by atoms with Crippen LogP contribution < -0.4 is 0 Å². The van der Waals surface area contributed by atoms with Crippen molar-refractivity contribution in [3.63, 3.8) is 0 Å². The van der Waals surface area contributed by atoms with Gasteiger partial charge in [0.1, 0.15) is 6.04 Å². The van der Waals surface area contributed by atoms with Gasteiger partial charge in [-0.2, -0.15) is 5.26 Å². The molecular weight excluding hydrogens is 382 g/mol. The Morgan fingerprint density at radius 3 is 2.41 bits per heavy atom. The van der Waals surface area contributed by atoms with E-state index in [0.717, 1.165) is 23.9 Å². The molecule has 0 spiro atoms. The zero-order valence-electron chi connectivity index (χ0n) is 17.6. The highest BCUT2D eigenvalue weighted by Crippen LogP contribution is 2.23. The first-order valence-corrected chi connectivity index (χ1v) is 11.0. The van der Waals surface area contributed by atoms with E-state index >= 15 is 0 Å². The van der Waals surface area contributed by atoms with E-state index < -0.39 is 0 Å². The van der Waals surface area contributed by atoms with Crippen LogP contribution in [0.4, 0.5) is 0 Å². The summed E-state index contributed by atoms with van der Waals surface area (Å²) in [6.45, 7) is 11.2. The molecule has 0 bridgehead atoms. The number of carbonyl (C=O) groups excluding carboxylic acids is 1. The minimum Gasteiger partial charge on any atom is -0.339 e. The van der Waals surface area contributed by atoms with Gasteiger partial charge in [0.05, 0.1) is 11.8 Å². The number of nitriles is 1. The Labute approximate surface area is 177 Å². The standard InChI is InChI=1S/C22H29N5OS/c1-16(2)20(14-23)25-7-9-26(10-8-25)21(28)15-29-22-24-5-6-27(22)19-12-17(3)11-18(4)13-19/h5-6,11-13,16,20H,7-10,15H2,1-4H3. The Morgan fingerprint density at radius 1 is 1.17 bits per heavy atom. The van der Waals surface area contributed by atoms with Gasteiger partial charge >= 0.3 is 0 Å². The van der Waals surface area contributed by atoms with Crippen LogP contribution in [0.3, 0.4) is 0 Å². The van der Waals surface area contributed by atoms with Crippen LogP contribution in [0.1, 0.15) is 25.0 Å². The fraction of sp³-hybridized carbons (Fsp3) is 0.500. The lowest BCUT2D eigenvalue weighted by atomic mass is 10.0. The predicted octanol–water partition coefficient (Wildman–Crippen LogP) is 3.27. The van der Waals surface area contributed by atoms with Gasteiger partial charge in [0, 0.05) is 44.3 Å². The number of rotatable bonds is 6. The zero-order chi connectivity index (χ0) is 21.0. The second kappa shape index (κ2) is 9.47. The zero-order valence-corrected chi connectivity index (χ0v) is 18.4. The normalized spacial score (nSPS) is 16.1. The molecule has 0 N–H and O–H groups in total. The van der Waals surface area contributed by atoms with Crippen LogP contribution >= 0.6 is 11.8 Å². The van der Waals surface area contributed by atoms with Crippen LogP contribution in [0.25, 0.3) is 5.69 Å². The Bertz CT molecular complexity index is 873. The monoisotopic (exact) mass is 411 g/mol. The largest absolute Gasteiger partial charge is 0.339 e. The summed E-state index contributed by atoms with van der Waals surface area (Å²) in [7, 11) is 0. The number of carbonyl (C=O) groups is 1. The van der Waals surface area contributed by atoms with E-state index in [1.54, 1.807) is 6.20 Å². The predicted molar refractivity (Wildman–Crippen MR) is 116 cm³/mol. The van der Waals surface area contributed by atoms with Gasteiger partial charge in [-0.1, -0.05) is 31.7 Å². The molecule has 1 unspecified atom stereocenters. The van der Waals surface area contributed by atoms with Gasteiger partial charge in [0.25, 0.3) is 0 Å². The number of hydrogen-bond donors (Lipinski definition) is 0. The van der Waals surface area contributed by atoms with Gasteiger partial charge in [0.2, 0.25) is 5.91 Å². The van der Waals surface area contributed by atoms with E-state index in [-0.39, 0.29) is 11.9 Å². The van der Waals surface area contributed by atoms with Gasteiger partial charge in [-0.3, -0.25) is 14.3 Å². The number of benzene rings is 1. The SMILES string of the molecule is Cc1cc(C)cc(-n2ccnc2SCC(=O)N2CCN(C(C#N)C(C)C)CC2)c1. The third-order valence-corrected chi connectivity index (χ3v) is 6.19. The summed E-state index contributed by atoms with van der Waals surface area (Å²) < 4.78 is 2.04. The first-order valence-electron chi connectivity index (χ1n) is 10.1. The van der Waals surface area contributed by atoms with E-state index in [9.17, 15) is 10.1 Å². The van der Waals surface area contributed by atoms with E-state index in [2.05, 4.69) is 61.8 Å². The van der Waals surface area contributed by atoms with Crippen molar-refractivity contribution in [1.29, 1.82) is 5.26 Å². The lowest BCUT2D eigenvalue weighted by Crippen LogP contribution is -2.53. The Balaban J connectivity index is 1.58. The molecule has 3 rings (SSSR count). The van der Waals surface area contributed by atoms with E-state index in [0.29, 0.717) is 24.8 Å². The molecule has 6 nitrogen and oxygen atoms in total. The topological polar surface area (TPSA) is 65.2 Å². The maximum absolute atomic E-state index is 12.7. The first-order chi connectivity index (χ1) is 13.9. The molecule has 1 atom stereocenters. The summed E-state index contributed by atoms with van der Waals surface area (Å²) >= 11 is 1.47. The van der Waals surface area contributed by atoms with Crippen molar-refractivity contribution >= 4 is 17.7 Å². The minimum atomic E-state index is -0.0770. The lowest BCUT2D eigenvalue weighted by molar-refractivity contribution is -0.130. The molecule has 1 aromatic carbocycles. The molecule has 2 aromatic rings. The average molecular weight is 412 g/mol. The number of aryl methyl sites for hydroxylation is 2. The molecule has 1 aliphatic heterocycles. The van der Waals surface area contributed by atoms with Crippen molar-refractivity contribution in [2.75, 3.05) is 31.9 Å². The number of amides is 1. The van der Waals surface area contributed by atoms with Gasteiger partial charge in [0.15, 0.2) is 5.16 Å². The van der Waals surface area contributed by atoms with Crippen molar-refractivity contribution < 1.29 is 4.79 Å². The molecule has 29 heavy (non-hydrogen) atoms.